The number of ether oxygens (including phenoxy) is 1. The number of nitrogens with one attached hydrogen (secondary N) is 1. The van der Waals surface area contributed by atoms with Gasteiger partial charge in [0, 0.05) is 31.3 Å². The largest absolute Gasteiger partial charge is 0.480 e. The molecule has 0 aliphatic carbocycles. The van der Waals surface area contributed by atoms with Crippen molar-refractivity contribution in [1.29, 1.82) is 0 Å². The van der Waals surface area contributed by atoms with E-state index in [2.05, 4.69) is 35.3 Å². The molecule has 0 radical (unpaired) electrons. The first-order chi connectivity index (χ1) is 12.5. The van der Waals surface area contributed by atoms with Crippen LogP contribution < -0.4 is 15.0 Å². The topological polar surface area (TPSA) is 99.5 Å². The molecule has 0 saturated carbocycles. The number of rotatable bonds is 7. The van der Waals surface area contributed by atoms with Gasteiger partial charge in [0.2, 0.25) is 5.88 Å². The van der Waals surface area contributed by atoms with Crippen LogP contribution in [0.5, 0.6) is 5.88 Å². The van der Waals surface area contributed by atoms with E-state index in [1.54, 1.807) is 13.2 Å². The van der Waals surface area contributed by atoms with Crippen LogP contribution in [0.4, 0.5) is 11.6 Å². The minimum absolute atomic E-state index is 0.232. The standard InChI is InChI=1S/C17H25N7O2/c1-23(2)9-13-6-14(25)10-24(13)16-7-15(19-11-20-16)18-8-12-4-5-17(26-3)22-21-12/h4-5,7,11,13-14,25H,6,8-10H2,1-3H3,(H,18,19,20)/t13-,14-/m1/s1. The van der Waals surface area contributed by atoms with E-state index in [1.165, 1.54) is 6.33 Å². The van der Waals surface area contributed by atoms with Crippen molar-refractivity contribution in [2.75, 3.05) is 44.5 Å². The van der Waals surface area contributed by atoms with Gasteiger partial charge < -0.3 is 25.0 Å². The Balaban J connectivity index is 1.67. The Kier molecular flexibility index (Phi) is 5.79. The van der Waals surface area contributed by atoms with E-state index in [4.69, 9.17) is 4.74 Å². The molecular weight excluding hydrogens is 334 g/mol. The molecule has 3 heterocycles. The van der Waals surface area contributed by atoms with Crippen molar-refractivity contribution < 1.29 is 9.84 Å². The highest BCUT2D eigenvalue weighted by molar-refractivity contribution is 5.50. The number of aromatic nitrogens is 4. The Morgan fingerprint density at radius 2 is 2.15 bits per heavy atom. The molecule has 26 heavy (non-hydrogen) atoms. The number of β-amino-alcohol motifs (C(OH)–C–C–N with tert-alkyl or cyclic N) is 1. The summed E-state index contributed by atoms with van der Waals surface area (Å²) in [5.41, 5.74) is 0.785. The quantitative estimate of drug-likeness (QED) is 0.727. The van der Waals surface area contributed by atoms with Crippen LogP contribution in [0.15, 0.2) is 24.5 Å². The van der Waals surface area contributed by atoms with Crippen LogP contribution in [-0.4, -0.2) is 76.6 Å². The number of hydrogen-bond acceptors (Lipinski definition) is 9. The number of hydrogen-bond donors (Lipinski definition) is 2. The smallest absolute Gasteiger partial charge is 0.233 e. The number of nitrogens with zero attached hydrogens (tertiary/aromatic N) is 6. The van der Waals surface area contributed by atoms with Gasteiger partial charge in [0.05, 0.1) is 25.5 Å². The Labute approximate surface area is 153 Å². The van der Waals surface area contributed by atoms with E-state index in [0.29, 0.717) is 24.8 Å². The molecule has 1 fully saturated rings. The molecule has 0 amide bonds. The average Bonchev–Trinajstić information content (AvgIpc) is 3.00. The summed E-state index contributed by atoms with van der Waals surface area (Å²) in [5, 5.41) is 21.3. The SMILES string of the molecule is COc1ccc(CNc2cc(N3C[C@H](O)C[C@@H]3CN(C)C)ncn2)nn1. The van der Waals surface area contributed by atoms with Crippen molar-refractivity contribution in [3.05, 3.63) is 30.2 Å². The predicted molar refractivity (Wildman–Crippen MR) is 98.3 cm³/mol. The Morgan fingerprint density at radius 1 is 1.31 bits per heavy atom. The van der Waals surface area contributed by atoms with Crippen molar-refractivity contribution in [2.45, 2.75) is 25.1 Å². The molecule has 140 valence electrons. The second kappa shape index (κ2) is 8.24. The van der Waals surface area contributed by atoms with E-state index in [9.17, 15) is 5.11 Å². The summed E-state index contributed by atoms with van der Waals surface area (Å²) in [4.78, 5) is 12.9. The van der Waals surface area contributed by atoms with Crippen LogP contribution >= 0.6 is 0 Å². The minimum Gasteiger partial charge on any atom is -0.480 e. The number of methoxy groups -OCH3 is 1. The zero-order chi connectivity index (χ0) is 18.5. The molecule has 0 bridgehead atoms. The number of aliphatic hydroxyl groups excluding tert-OH is 1. The fraction of sp³-hybridized carbons (Fsp3) is 0.529. The maximum absolute atomic E-state index is 10.1. The molecule has 1 saturated heterocycles. The fourth-order valence-corrected chi connectivity index (χ4v) is 3.10. The lowest BCUT2D eigenvalue weighted by atomic mass is 10.2. The summed E-state index contributed by atoms with van der Waals surface area (Å²) in [5.74, 6) is 2.00. The average molecular weight is 359 g/mol. The molecule has 0 aromatic carbocycles. The van der Waals surface area contributed by atoms with Crippen molar-refractivity contribution in [2.24, 2.45) is 0 Å². The van der Waals surface area contributed by atoms with Gasteiger partial charge in [-0.2, -0.15) is 5.10 Å². The van der Waals surface area contributed by atoms with Gasteiger partial charge in [-0.25, -0.2) is 9.97 Å². The molecule has 0 spiro atoms. The molecule has 2 atom stereocenters. The zero-order valence-corrected chi connectivity index (χ0v) is 15.3. The van der Waals surface area contributed by atoms with Crippen LogP contribution in [0.1, 0.15) is 12.1 Å². The van der Waals surface area contributed by atoms with Gasteiger partial charge in [0.15, 0.2) is 0 Å². The molecule has 2 aromatic rings. The van der Waals surface area contributed by atoms with Crippen LogP contribution in [0.2, 0.25) is 0 Å². The van der Waals surface area contributed by atoms with Gasteiger partial charge in [0.25, 0.3) is 0 Å². The maximum atomic E-state index is 10.1. The summed E-state index contributed by atoms with van der Waals surface area (Å²) in [6.07, 6.45) is 1.95. The van der Waals surface area contributed by atoms with Gasteiger partial charge >= 0.3 is 0 Å². The van der Waals surface area contributed by atoms with Gasteiger partial charge in [-0.1, -0.05) is 0 Å². The van der Waals surface area contributed by atoms with E-state index < -0.39 is 0 Å². The van der Waals surface area contributed by atoms with Gasteiger partial charge in [0.1, 0.15) is 18.0 Å². The fourth-order valence-electron chi connectivity index (χ4n) is 3.10. The lowest BCUT2D eigenvalue weighted by Crippen LogP contribution is -2.38. The molecule has 3 rings (SSSR count). The lowest BCUT2D eigenvalue weighted by molar-refractivity contribution is 0.191. The van der Waals surface area contributed by atoms with Crippen molar-refractivity contribution in [3.63, 3.8) is 0 Å². The van der Waals surface area contributed by atoms with Crippen LogP contribution in [0, 0.1) is 0 Å². The summed E-state index contributed by atoms with van der Waals surface area (Å²) in [6, 6.07) is 5.75. The van der Waals surface area contributed by atoms with Crippen molar-refractivity contribution in [1.82, 2.24) is 25.1 Å². The number of likely N-dealkylation sites (N-methyl/N-ethyl adjacent to an activating group) is 1. The molecule has 2 N–H and O–H groups in total. The lowest BCUT2D eigenvalue weighted by Gasteiger charge is -2.27. The zero-order valence-electron chi connectivity index (χ0n) is 15.3. The predicted octanol–water partition coefficient (Wildman–Crippen LogP) is 0.389. The second-order valence-corrected chi connectivity index (χ2v) is 6.64. The van der Waals surface area contributed by atoms with E-state index in [0.717, 1.165) is 24.5 Å². The van der Waals surface area contributed by atoms with Crippen LogP contribution in [0.25, 0.3) is 0 Å². The van der Waals surface area contributed by atoms with Crippen molar-refractivity contribution >= 4 is 11.6 Å². The number of anilines is 2. The highest BCUT2D eigenvalue weighted by atomic mass is 16.5. The molecule has 1 aliphatic heterocycles. The van der Waals surface area contributed by atoms with E-state index in [1.807, 2.05) is 26.2 Å². The second-order valence-electron chi connectivity index (χ2n) is 6.64. The minimum atomic E-state index is -0.333. The highest BCUT2D eigenvalue weighted by Crippen LogP contribution is 2.25. The van der Waals surface area contributed by atoms with E-state index in [-0.39, 0.29) is 12.1 Å². The summed E-state index contributed by atoms with van der Waals surface area (Å²) in [6.45, 7) is 1.95. The Bertz CT molecular complexity index is 711. The third-order valence-corrected chi connectivity index (χ3v) is 4.27. The Hall–Kier alpha value is -2.52. The first kappa shape index (κ1) is 18.3. The molecule has 2 aromatic heterocycles. The maximum Gasteiger partial charge on any atom is 0.233 e. The van der Waals surface area contributed by atoms with E-state index >= 15 is 0 Å². The van der Waals surface area contributed by atoms with Gasteiger partial charge in [-0.3, -0.25) is 0 Å². The Morgan fingerprint density at radius 3 is 2.85 bits per heavy atom. The van der Waals surface area contributed by atoms with Gasteiger partial charge in [-0.15, -0.1) is 5.10 Å². The monoisotopic (exact) mass is 359 g/mol. The van der Waals surface area contributed by atoms with Crippen LogP contribution in [-0.2, 0) is 6.54 Å². The summed E-state index contributed by atoms with van der Waals surface area (Å²) in [7, 11) is 5.63. The summed E-state index contributed by atoms with van der Waals surface area (Å²) < 4.78 is 5.01. The molecular formula is C17H25N7O2. The normalized spacial score (nSPS) is 19.8. The first-order valence-corrected chi connectivity index (χ1v) is 8.57. The molecule has 9 nitrogen and oxygen atoms in total. The van der Waals surface area contributed by atoms with Crippen LogP contribution in [0.3, 0.4) is 0 Å². The van der Waals surface area contributed by atoms with Gasteiger partial charge in [-0.05, 0) is 26.6 Å². The number of aliphatic hydroxyl groups is 1. The first-order valence-electron chi connectivity index (χ1n) is 8.57. The molecule has 1 aliphatic rings. The highest BCUT2D eigenvalue weighted by Gasteiger charge is 2.32. The summed E-state index contributed by atoms with van der Waals surface area (Å²) >= 11 is 0. The third kappa shape index (κ3) is 4.55. The molecule has 0 unspecified atom stereocenters. The molecule has 9 heteroatoms. The third-order valence-electron chi connectivity index (χ3n) is 4.27. The van der Waals surface area contributed by atoms with Crippen molar-refractivity contribution in [3.8, 4) is 5.88 Å².